The Kier molecular flexibility index (Phi) is 7.79. The van der Waals surface area contributed by atoms with Crippen molar-refractivity contribution >= 4 is 39.2 Å². The van der Waals surface area contributed by atoms with E-state index in [1.807, 2.05) is 0 Å². The van der Waals surface area contributed by atoms with Crippen molar-refractivity contribution in [3.05, 3.63) is 70.9 Å². The zero-order chi connectivity index (χ0) is 30.4. The van der Waals surface area contributed by atoms with Gasteiger partial charge in [0.2, 0.25) is 5.88 Å². The van der Waals surface area contributed by atoms with E-state index < -0.39 is 39.6 Å². The maximum absolute atomic E-state index is 15.0. The number of fused-ring (bicyclic) bond motifs is 1. The Morgan fingerprint density at radius 3 is 2.45 bits per heavy atom. The third kappa shape index (κ3) is 4.35. The number of benzene rings is 2. The van der Waals surface area contributed by atoms with Crippen molar-refractivity contribution in [1.82, 2.24) is 9.88 Å². The Hall–Kier alpha value is -3.91. The van der Waals surface area contributed by atoms with Gasteiger partial charge in [-0.1, -0.05) is 11.6 Å². The summed E-state index contributed by atoms with van der Waals surface area (Å²) in [6.45, 7) is -0.0248. The molecular formula is C28H28ClN3O9S. The molecule has 0 aliphatic carbocycles. The Morgan fingerprint density at radius 2 is 1.81 bits per heavy atom. The van der Waals surface area contributed by atoms with Crippen molar-refractivity contribution < 1.29 is 42.1 Å². The largest absolute Gasteiger partial charge is 0.497 e. The summed E-state index contributed by atoms with van der Waals surface area (Å²) in [7, 11) is 0.840. The highest BCUT2D eigenvalue weighted by atomic mass is 35.5. The number of aliphatic carboxylic acids is 1. The van der Waals surface area contributed by atoms with Gasteiger partial charge in [0.1, 0.15) is 22.4 Å². The number of anilines is 1. The highest BCUT2D eigenvalue weighted by Crippen LogP contribution is 2.55. The van der Waals surface area contributed by atoms with Gasteiger partial charge in [0.05, 0.1) is 33.1 Å². The minimum atomic E-state index is -4.67. The van der Waals surface area contributed by atoms with Gasteiger partial charge in [0.15, 0.2) is 5.54 Å². The molecule has 1 amide bonds. The fourth-order valence-corrected chi connectivity index (χ4v) is 7.54. The molecule has 0 spiro atoms. The smallest absolute Gasteiger partial charge is 0.321 e. The molecule has 1 saturated heterocycles. The van der Waals surface area contributed by atoms with Crippen molar-refractivity contribution in [1.29, 1.82) is 0 Å². The van der Waals surface area contributed by atoms with Gasteiger partial charge in [0.25, 0.3) is 15.9 Å². The Labute approximate surface area is 247 Å². The fourth-order valence-electron chi connectivity index (χ4n) is 5.77. The number of ether oxygens (including phenoxy) is 4. The van der Waals surface area contributed by atoms with E-state index in [9.17, 15) is 18.3 Å². The number of pyridine rings is 1. The Morgan fingerprint density at radius 1 is 1.05 bits per heavy atom. The number of hydrogen-bond donors (Lipinski definition) is 1. The molecule has 1 unspecified atom stereocenters. The summed E-state index contributed by atoms with van der Waals surface area (Å²) in [6.07, 6.45) is 0.911. The number of aromatic nitrogens is 1. The zero-order valence-electron chi connectivity index (χ0n) is 23.1. The highest BCUT2D eigenvalue weighted by molar-refractivity contribution is 7.93. The molecule has 5 rings (SSSR count). The first-order valence-corrected chi connectivity index (χ1v) is 14.5. The third-order valence-electron chi connectivity index (χ3n) is 7.62. The zero-order valence-corrected chi connectivity index (χ0v) is 24.7. The monoisotopic (exact) mass is 617 g/mol. The van der Waals surface area contributed by atoms with Gasteiger partial charge in [0, 0.05) is 48.5 Å². The Balaban J connectivity index is 1.86. The van der Waals surface area contributed by atoms with Gasteiger partial charge < -0.3 is 24.1 Å². The number of carboxylic acids is 1. The van der Waals surface area contributed by atoms with Crippen LogP contribution in [0.1, 0.15) is 17.5 Å². The van der Waals surface area contributed by atoms with Crippen molar-refractivity contribution in [3.63, 3.8) is 0 Å². The number of hydrogen-bond acceptors (Lipinski definition) is 10. The lowest BCUT2D eigenvalue weighted by molar-refractivity contribution is -0.145. The molecular weight excluding hydrogens is 590 g/mol. The van der Waals surface area contributed by atoms with Gasteiger partial charge >= 0.3 is 5.97 Å². The van der Waals surface area contributed by atoms with Crippen molar-refractivity contribution in [2.45, 2.75) is 29.0 Å². The van der Waals surface area contributed by atoms with Crippen LogP contribution in [0.5, 0.6) is 17.4 Å². The number of nitrogens with zero attached hydrogens (tertiary/aromatic N) is 3. The molecule has 1 N–H and O–H groups in total. The number of carboxylic acid groups (broad SMARTS) is 1. The molecule has 2 aromatic carbocycles. The average Bonchev–Trinajstić information content (AvgIpc) is 3.54. The number of sulfonamides is 1. The second-order valence-electron chi connectivity index (χ2n) is 9.62. The molecule has 1 fully saturated rings. The molecule has 3 atom stereocenters. The van der Waals surface area contributed by atoms with Gasteiger partial charge in [-0.2, -0.15) is 0 Å². The topological polar surface area (TPSA) is 145 Å². The van der Waals surface area contributed by atoms with E-state index in [1.54, 1.807) is 12.1 Å². The fraction of sp³-hybridized carbons (Fsp3) is 0.321. The quantitative estimate of drug-likeness (QED) is 0.378. The molecule has 42 heavy (non-hydrogen) atoms. The molecule has 0 radical (unpaired) electrons. The van der Waals surface area contributed by atoms with E-state index in [0.29, 0.717) is 10.1 Å². The number of carbonyl (C=O) groups excluding carboxylic acids is 1. The second kappa shape index (κ2) is 11.1. The standard InChI is InChI=1S/C28H28ClN3O9S/c1-38-17-8-10-24(23(14-17)40-3)42(36,37)32-21-9-7-16(29)12-20(21)28(27(32)35,19-6-5-11-30-25(19)41-4)31-15-18(39-2)13-22(31)26(33)34/h5-12,14,18,22H,13,15H2,1-4H3,(H,33,34)/t18-,22-,28?/m0/s1. The third-order valence-corrected chi connectivity index (χ3v) is 9.59. The number of rotatable bonds is 9. The molecule has 2 aliphatic rings. The van der Waals surface area contributed by atoms with E-state index in [4.69, 9.17) is 30.5 Å². The maximum atomic E-state index is 15.0. The van der Waals surface area contributed by atoms with Gasteiger partial charge in [-0.15, -0.1) is 0 Å². The summed E-state index contributed by atoms with van der Waals surface area (Å²) in [5, 5.41) is 10.5. The Bertz CT molecular complexity index is 1670. The molecule has 3 heterocycles. The molecule has 1 aromatic heterocycles. The predicted molar refractivity (Wildman–Crippen MR) is 151 cm³/mol. The summed E-state index contributed by atoms with van der Waals surface area (Å²) in [5.74, 6) is -1.90. The first-order valence-electron chi connectivity index (χ1n) is 12.7. The van der Waals surface area contributed by atoms with E-state index in [2.05, 4.69) is 4.98 Å². The van der Waals surface area contributed by atoms with Crippen LogP contribution in [-0.4, -0.2) is 82.4 Å². The molecule has 2 aliphatic heterocycles. The second-order valence-corrected chi connectivity index (χ2v) is 11.8. The number of likely N-dealkylation sites (tertiary alicyclic amines) is 1. The van der Waals surface area contributed by atoms with Crippen LogP contribution in [0.2, 0.25) is 5.02 Å². The van der Waals surface area contributed by atoms with Crippen LogP contribution < -0.4 is 18.5 Å². The minimum absolute atomic E-state index is 0.00283. The predicted octanol–water partition coefficient (Wildman–Crippen LogP) is 2.91. The minimum Gasteiger partial charge on any atom is -0.497 e. The van der Waals surface area contributed by atoms with Crippen LogP contribution in [0.3, 0.4) is 0 Å². The lowest BCUT2D eigenvalue weighted by Crippen LogP contribution is -2.58. The van der Waals surface area contributed by atoms with Crippen molar-refractivity contribution in [2.24, 2.45) is 0 Å². The summed E-state index contributed by atoms with van der Waals surface area (Å²) >= 11 is 6.46. The van der Waals surface area contributed by atoms with E-state index in [-0.39, 0.29) is 51.3 Å². The van der Waals surface area contributed by atoms with Gasteiger partial charge in [-0.3, -0.25) is 14.5 Å². The normalized spacial score (nSPS) is 22.2. The number of carbonyl (C=O) groups is 2. The maximum Gasteiger partial charge on any atom is 0.321 e. The number of amides is 1. The average molecular weight is 618 g/mol. The molecule has 12 nitrogen and oxygen atoms in total. The van der Waals surface area contributed by atoms with Crippen LogP contribution in [0.4, 0.5) is 5.69 Å². The number of halogens is 1. The summed E-state index contributed by atoms with van der Waals surface area (Å²) in [6, 6.07) is 10.3. The summed E-state index contributed by atoms with van der Waals surface area (Å²) in [4.78, 5) is 33.1. The summed E-state index contributed by atoms with van der Waals surface area (Å²) < 4.78 is 51.2. The van der Waals surface area contributed by atoms with Crippen LogP contribution in [0.15, 0.2) is 59.6 Å². The van der Waals surface area contributed by atoms with Crippen molar-refractivity contribution in [2.75, 3.05) is 39.3 Å². The van der Waals surface area contributed by atoms with Crippen molar-refractivity contribution in [3.8, 4) is 17.4 Å². The van der Waals surface area contributed by atoms with Crippen LogP contribution in [0, 0.1) is 0 Å². The van der Waals surface area contributed by atoms with E-state index in [0.717, 1.165) is 0 Å². The lowest BCUT2D eigenvalue weighted by Gasteiger charge is -2.40. The molecule has 222 valence electrons. The van der Waals surface area contributed by atoms with Crippen LogP contribution >= 0.6 is 11.6 Å². The van der Waals surface area contributed by atoms with Gasteiger partial charge in [-0.25, -0.2) is 17.7 Å². The summed E-state index contributed by atoms with van der Waals surface area (Å²) in [5.41, 5.74) is -1.77. The molecule has 14 heteroatoms. The van der Waals surface area contributed by atoms with Crippen LogP contribution in [0.25, 0.3) is 0 Å². The highest BCUT2D eigenvalue weighted by Gasteiger charge is 2.64. The SMILES string of the molecule is COc1ccc(S(=O)(=O)N2C(=O)C(c3cccnc3OC)(N3C[C@@H](OC)C[C@H]3C(=O)O)c3cc(Cl)ccc32)c(OC)c1. The number of methoxy groups -OCH3 is 4. The van der Waals surface area contributed by atoms with Gasteiger partial charge in [-0.05, 0) is 42.5 Å². The lowest BCUT2D eigenvalue weighted by atomic mass is 9.81. The first kappa shape index (κ1) is 29.6. The van der Waals surface area contributed by atoms with E-state index in [1.165, 1.54) is 75.9 Å². The molecule has 0 saturated carbocycles. The molecule has 0 bridgehead atoms. The first-order chi connectivity index (χ1) is 20.1. The molecule has 3 aromatic rings. The van der Waals surface area contributed by atoms with E-state index >= 15 is 4.79 Å². The van der Waals surface area contributed by atoms with Crippen LogP contribution in [-0.2, 0) is 29.9 Å².